The van der Waals surface area contributed by atoms with Crippen LogP contribution in [0.3, 0.4) is 0 Å². The summed E-state index contributed by atoms with van der Waals surface area (Å²) in [5, 5.41) is 0. The molecule has 1 aliphatic carbocycles. The maximum atomic E-state index is 12.9. The molecule has 0 bridgehead atoms. The van der Waals surface area contributed by atoms with Crippen molar-refractivity contribution in [2.75, 3.05) is 0 Å². The number of hydrogen-bond donors (Lipinski definition) is 0. The quantitative estimate of drug-likeness (QED) is 0.690. The van der Waals surface area contributed by atoms with Gasteiger partial charge in [0.25, 0.3) is 0 Å². The molecule has 98 valence electrons. The van der Waals surface area contributed by atoms with Gasteiger partial charge in [-0.3, -0.25) is 4.79 Å². The molecule has 0 unspecified atom stereocenters. The fourth-order valence-electron chi connectivity index (χ4n) is 3.24. The van der Waals surface area contributed by atoms with Gasteiger partial charge >= 0.3 is 0 Å². The SMILES string of the molecule is Cc1cc(C)c(C)c(C(=O)C2(C)CCCC2)c1C. The van der Waals surface area contributed by atoms with E-state index in [1.165, 1.54) is 35.1 Å². The van der Waals surface area contributed by atoms with Crippen LogP contribution in [-0.4, -0.2) is 5.78 Å². The van der Waals surface area contributed by atoms with E-state index in [0.29, 0.717) is 5.78 Å². The topological polar surface area (TPSA) is 17.1 Å². The Morgan fingerprint density at radius 1 is 1.00 bits per heavy atom. The van der Waals surface area contributed by atoms with Crippen molar-refractivity contribution in [1.29, 1.82) is 0 Å². The molecule has 0 atom stereocenters. The minimum absolute atomic E-state index is 0.115. The maximum Gasteiger partial charge on any atom is 0.169 e. The number of rotatable bonds is 2. The van der Waals surface area contributed by atoms with Crippen molar-refractivity contribution in [1.82, 2.24) is 0 Å². The van der Waals surface area contributed by atoms with E-state index in [2.05, 4.69) is 40.7 Å². The average Bonchev–Trinajstić information content (AvgIpc) is 2.75. The summed E-state index contributed by atoms with van der Waals surface area (Å²) in [6.07, 6.45) is 4.51. The lowest BCUT2D eigenvalue weighted by molar-refractivity contribution is 0.0822. The number of ketones is 1. The van der Waals surface area contributed by atoms with Gasteiger partial charge in [0.05, 0.1) is 0 Å². The molecule has 0 saturated heterocycles. The van der Waals surface area contributed by atoms with Crippen molar-refractivity contribution in [3.63, 3.8) is 0 Å². The highest BCUT2D eigenvalue weighted by atomic mass is 16.1. The molecule has 0 spiro atoms. The molecule has 0 heterocycles. The fraction of sp³-hybridized carbons (Fsp3) is 0.588. The Kier molecular flexibility index (Phi) is 3.35. The molecule has 0 amide bonds. The lowest BCUT2D eigenvalue weighted by atomic mass is 9.77. The van der Waals surface area contributed by atoms with Crippen molar-refractivity contribution in [3.05, 3.63) is 33.9 Å². The fourth-order valence-corrected chi connectivity index (χ4v) is 3.24. The first-order valence-corrected chi connectivity index (χ1v) is 6.99. The number of hydrogen-bond acceptors (Lipinski definition) is 1. The highest BCUT2D eigenvalue weighted by Crippen LogP contribution is 2.41. The molecule has 2 rings (SSSR count). The summed E-state index contributed by atoms with van der Waals surface area (Å²) in [7, 11) is 0. The summed E-state index contributed by atoms with van der Waals surface area (Å²) in [5.41, 5.74) is 5.71. The van der Waals surface area contributed by atoms with Crippen LogP contribution in [0.25, 0.3) is 0 Å². The zero-order chi connectivity index (χ0) is 13.5. The van der Waals surface area contributed by atoms with Gasteiger partial charge in [0, 0.05) is 11.0 Å². The highest BCUT2D eigenvalue weighted by Gasteiger charge is 2.38. The molecule has 0 radical (unpaired) electrons. The first-order chi connectivity index (χ1) is 8.37. The second-order valence-electron chi connectivity index (χ2n) is 6.23. The maximum absolute atomic E-state index is 12.9. The van der Waals surface area contributed by atoms with E-state index in [-0.39, 0.29) is 5.41 Å². The summed E-state index contributed by atoms with van der Waals surface area (Å²) in [4.78, 5) is 12.9. The molecule has 1 heteroatoms. The molecule has 1 aliphatic rings. The standard InChI is InChI=1S/C17H24O/c1-11-10-12(2)14(4)15(13(11)3)16(18)17(5)8-6-7-9-17/h10H,6-9H2,1-5H3. The Balaban J connectivity index is 2.54. The number of aryl methyl sites for hydroxylation is 2. The van der Waals surface area contributed by atoms with Crippen LogP contribution >= 0.6 is 0 Å². The predicted octanol–water partition coefficient (Wildman–Crippen LogP) is 4.68. The van der Waals surface area contributed by atoms with Gasteiger partial charge in [0.2, 0.25) is 0 Å². The lowest BCUT2D eigenvalue weighted by Crippen LogP contribution is -2.26. The van der Waals surface area contributed by atoms with E-state index in [9.17, 15) is 4.79 Å². The van der Waals surface area contributed by atoms with Gasteiger partial charge < -0.3 is 0 Å². The van der Waals surface area contributed by atoms with Gasteiger partial charge in [-0.2, -0.15) is 0 Å². The van der Waals surface area contributed by atoms with Crippen molar-refractivity contribution in [2.24, 2.45) is 5.41 Å². The molecule has 1 aromatic rings. The van der Waals surface area contributed by atoms with Gasteiger partial charge in [-0.25, -0.2) is 0 Å². The van der Waals surface area contributed by atoms with Gasteiger partial charge in [-0.15, -0.1) is 0 Å². The van der Waals surface area contributed by atoms with E-state index in [4.69, 9.17) is 0 Å². The second kappa shape index (κ2) is 4.53. The molecule has 1 fully saturated rings. The Hall–Kier alpha value is -1.11. The first-order valence-electron chi connectivity index (χ1n) is 6.99. The third-order valence-electron chi connectivity index (χ3n) is 4.85. The van der Waals surface area contributed by atoms with Crippen molar-refractivity contribution < 1.29 is 4.79 Å². The molecule has 1 aromatic carbocycles. The van der Waals surface area contributed by atoms with E-state index in [0.717, 1.165) is 18.4 Å². The first kappa shape index (κ1) is 13.3. The van der Waals surface area contributed by atoms with E-state index < -0.39 is 0 Å². The van der Waals surface area contributed by atoms with Crippen LogP contribution in [0.4, 0.5) is 0 Å². The number of Topliss-reactive ketones (excluding diaryl/α,β-unsaturated/α-hetero) is 1. The summed E-state index contributed by atoms with van der Waals surface area (Å²) < 4.78 is 0. The summed E-state index contributed by atoms with van der Waals surface area (Å²) >= 11 is 0. The van der Waals surface area contributed by atoms with Gasteiger partial charge in [-0.05, 0) is 62.8 Å². The highest BCUT2D eigenvalue weighted by molar-refractivity contribution is 6.03. The number of benzene rings is 1. The van der Waals surface area contributed by atoms with E-state index in [1.807, 2.05) is 0 Å². The summed E-state index contributed by atoms with van der Waals surface area (Å²) in [6, 6.07) is 2.19. The Bertz CT molecular complexity index is 465. The third-order valence-corrected chi connectivity index (χ3v) is 4.85. The third kappa shape index (κ3) is 2.00. The van der Waals surface area contributed by atoms with Crippen LogP contribution in [0.15, 0.2) is 6.07 Å². The molecular formula is C17H24O. The average molecular weight is 244 g/mol. The predicted molar refractivity (Wildman–Crippen MR) is 76.3 cm³/mol. The number of carbonyl (C=O) groups is 1. The van der Waals surface area contributed by atoms with Gasteiger partial charge in [0.15, 0.2) is 5.78 Å². The van der Waals surface area contributed by atoms with E-state index >= 15 is 0 Å². The Labute approximate surface area is 111 Å². The summed E-state index contributed by atoms with van der Waals surface area (Å²) in [6.45, 7) is 10.5. The molecule has 0 aromatic heterocycles. The van der Waals surface area contributed by atoms with Crippen LogP contribution in [0.5, 0.6) is 0 Å². The van der Waals surface area contributed by atoms with E-state index in [1.54, 1.807) is 0 Å². The minimum Gasteiger partial charge on any atom is -0.294 e. The van der Waals surface area contributed by atoms with Crippen molar-refractivity contribution in [2.45, 2.75) is 60.3 Å². The molecule has 1 saturated carbocycles. The molecule has 0 aliphatic heterocycles. The van der Waals surface area contributed by atoms with Crippen LogP contribution in [0.1, 0.15) is 65.2 Å². The van der Waals surface area contributed by atoms with Gasteiger partial charge in [-0.1, -0.05) is 25.8 Å². The van der Waals surface area contributed by atoms with Crippen molar-refractivity contribution in [3.8, 4) is 0 Å². The normalized spacial score (nSPS) is 18.1. The Morgan fingerprint density at radius 2 is 1.44 bits per heavy atom. The molecule has 0 N–H and O–H groups in total. The monoisotopic (exact) mass is 244 g/mol. The number of carbonyl (C=O) groups excluding carboxylic acids is 1. The zero-order valence-electron chi connectivity index (χ0n) is 12.3. The second-order valence-corrected chi connectivity index (χ2v) is 6.23. The van der Waals surface area contributed by atoms with Gasteiger partial charge in [0.1, 0.15) is 0 Å². The largest absolute Gasteiger partial charge is 0.294 e. The molecule has 18 heavy (non-hydrogen) atoms. The Morgan fingerprint density at radius 3 is 1.89 bits per heavy atom. The zero-order valence-corrected chi connectivity index (χ0v) is 12.3. The van der Waals surface area contributed by atoms with Crippen molar-refractivity contribution >= 4 is 5.78 Å². The smallest absolute Gasteiger partial charge is 0.169 e. The van der Waals surface area contributed by atoms with Crippen LogP contribution in [0, 0.1) is 33.1 Å². The minimum atomic E-state index is -0.115. The van der Waals surface area contributed by atoms with Crippen LogP contribution < -0.4 is 0 Å². The molecule has 1 nitrogen and oxygen atoms in total. The summed E-state index contributed by atoms with van der Waals surface area (Å²) in [5.74, 6) is 0.377. The lowest BCUT2D eigenvalue weighted by Gasteiger charge is -2.25. The molecular weight excluding hydrogens is 220 g/mol. The van der Waals surface area contributed by atoms with Crippen LogP contribution in [0.2, 0.25) is 0 Å². The van der Waals surface area contributed by atoms with Crippen LogP contribution in [-0.2, 0) is 0 Å².